The molecular formula is C18H21N5OS. The number of hydrogen-bond donors (Lipinski definition) is 1. The minimum absolute atomic E-state index is 0.212. The molecule has 0 unspecified atom stereocenters. The number of unbranched alkanes of at least 4 members (excludes halogenated alkanes) is 2. The number of rotatable bonds is 8. The summed E-state index contributed by atoms with van der Waals surface area (Å²) in [5.74, 6) is -0.212. The summed E-state index contributed by atoms with van der Waals surface area (Å²) in [7, 11) is 0. The summed E-state index contributed by atoms with van der Waals surface area (Å²) >= 11 is 1.43. The van der Waals surface area contributed by atoms with Crippen LogP contribution in [0.15, 0.2) is 42.7 Å². The van der Waals surface area contributed by atoms with E-state index in [2.05, 4.69) is 27.5 Å². The quantitative estimate of drug-likeness (QED) is 0.624. The molecule has 0 spiro atoms. The molecule has 130 valence electrons. The highest BCUT2D eigenvalue weighted by Crippen LogP contribution is 2.18. The van der Waals surface area contributed by atoms with Crippen LogP contribution >= 0.6 is 11.3 Å². The molecule has 0 saturated carbocycles. The van der Waals surface area contributed by atoms with Gasteiger partial charge in [0.15, 0.2) is 0 Å². The maximum absolute atomic E-state index is 12.3. The van der Waals surface area contributed by atoms with Gasteiger partial charge in [-0.2, -0.15) is 5.10 Å². The van der Waals surface area contributed by atoms with Crippen LogP contribution < -0.4 is 5.32 Å². The highest BCUT2D eigenvalue weighted by molar-refractivity contribution is 7.15. The zero-order chi connectivity index (χ0) is 17.5. The number of amides is 1. The van der Waals surface area contributed by atoms with Gasteiger partial charge in [0, 0.05) is 12.6 Å². The molecule has 0 fully saturated rings. The van der Waals surface area contributed by atoms with Crippen LogP contribution in [0.2, 0.25) is 0 Å². The fourth-order valence-corrected chi connectivity index (χ4v) is 3.22. The van der Waals surface area contributed by atoms with Crippen molar-refractivity contribution in [1.29, 1.82) is 0 Å². The molecule has 25 heavy (non-hydrogen) atoms. The van der Waals surface area contributed by atoms with Gasteiger partial charge in [-0.25, -0.2) is 0 Å². The lowest BCUT2D eigenvalue weighted by Gasteiger charge is -2.01. The zero-order valence-electron chi connectivity index (χ0n) is 14.2. The van der Waals surface area contributed by atoms with Gasteiger partial charge in [-0.05, 0) is 12.0 Å². The van der Waals surface area contributed by atoms with Crippen LogP contribution in [0.4, 0.5) is 5.13 Å². The fourth-order valence-electron chi connectivity index (χ4n) is 2.44. The summed E-state index contributed by atoms with van der Waals surface area (Å²) in [5, 5.41) is 16.7. The van der Waals surface area contributed by atoms with Crippen molar-refractivity contribution in [3.63, 3.8) is 0 Å². The van der Waals surface area contributed by atoms with Crippen molar-refractivity contribution in [2.24, 2.45) is 0 Å². The van der Waals surface area contributed by atoms with Gasteiger partial charge < -0.3 is 0 Å². The normalized spacial score (nSPS) is 10.8. The summed E-state index contributed by atoms with van der Waals surface area (Å²) < 4.78 is 1.75. The number of aryl methyl sites for hydroxylation is 1. The summed E-state index contributed by atoms with van der Waals surface area (Å²) in [6.07, 6.45) is 7.69. The van der Waals surface area contributed by atoms with Crippen LogP contribution in [0.3, 0.4) is 0 Å². The van der Waals surface area contributed by atoms with Crippen molar-refractivity contribution in [3.8, 4) is 0 Å². The van der Waals surface area contributed by atoms with Gasteiger partial charge in [0.25, 0.3) is 5.91 Å². The Labute approximate surface area is 150 Å². The number of anilines is 1. The molecule has 1 amide bonds. The fraction of sp³-hybridized carbons (Fsp3) is 0.333. The van der Waals surface area contributed by atoms with Gasteiger partial charge in [-0.1, -0.05) is 61.4 Å². The zero-order valence-corrected chi connectivity index (χ0v) is 15.0. The first-order chi connectivity index (χ1) is 12.2. The summed E-state index contributed by atoms with van der Waals surface area (Å²) in [4.78, 5) is 12.3. The Kier molecular flexibility index (Phi) is 5.90. The third kappa shape index (κ3) is 4.96. The van der Waals surface area contributed by atoms with Crippen LogP contribution in [0.5, 0.6) is 0 Å². The van der Waals surface area contributed by atoms with Crippen LogP contribution in [-0.2, 0) is 13.0 Å². The number of nitrogens with one attached hydrogen (secondary N) is 1. The Balaban J connectivity index is 1.56. The Morgan fingerprint density at radius 2 is 2.04 bits per heavy atom. The lowest BCUT2D eigenvalue weighted by molar-refractivity contribution is 0.102. The van der Waals surface area contributed by atoms with E-state index in [4.69, 9.17) is 0 Å². The van der Waals surface area contributed by atoms with Crippen molar-refractivity contribution in [2.45, 2.75) is 39.2 Å². The number of aromatic nitrogens is 4. The Morgan fingerprint density at radius 1 is 1.20 bits per heavy atom. The van der Waals surface area contributed by atoms with E-state index in [1.165, 1.54) is 24.2 Å². The number of hydrogen-bond acceptors (Lipinski definition) is 5. The Bertz CT molecular complexity index is 812. The van der Waals surface area contributed by atoms with E-state index >= 15 is 0 Å². The monoisotopic (exact) mass is 355 g/mol. The highest BCUT2D eigenvalue weighted by Gasteiger charge is 2.12. The molecule has 0 bridgehead atoms. The highest BCUT2D eigenvalue weighted by atomic mass is 32.1. The molecule has 3 aromatic rings. The average molecular weight is 355 g/mol. The third-order valence-corrected chi connectivity index (χ3v) is 4.66. The van der Waals surface area contributed by atoms with Gasteiger partial charge in [0.1, 0.15) is 5.01 Å². The molecule has 0 aliphatic carbocycles. The second-order valence-electron chi connectivity index (χ2n) is 5.82. The summed E-state index contributed by atoms with van der Waals surface area (Å²) in [6.45, 7) is 2.80. The van der Waals surface area contributed by atoms with Crippen LogP contribution in [0.25, 0.3) is 0 Å². The third-order valence-electron chi connectivity index (χ3n) is 3.76. The van der Waals surface area contributed by atoms with E-state index in [1.54, 1.807) is 17.1 Å². The maximum Gasteiger partial charge on any atom is 0.260 e. The number of nitrogens with zero attached hydrogens (tertiary/aromatic N) is 4. The van der Waals surface area contributed by atoms with E-state index in [0.717, 1.165) is 23.4 Å². The van der Waals surface area contributed by atoms with Crippen LogP contribution in [0.1, 0.15) is 47.1 Å². The first kappa shape index (κ1) is 17.3. The van der Waals surface area contributed by atoms with Crippen LogP contribution in [0, 0.1) is 0 Å². The Morgan fingerprint density at radius 3 is 2.84 bits per heavy atom. The molecule has 2 heterocycles. The summed E-state index contributed by atoms with van der Waals surface area (Å²) in [6, 6.07) is 10.0. The van der Waals surface area contributed by atoms with Crippen LogP contribution in [-0.4, -0.2) is 25.9 Å². The molecule has 0 saturated heterocycles. The molecule has 3 rings (SSSR count). The van der Waals surface area contributed by atoms with E-state index < -0.39 is 0 Å². The van der Waals surface area contributed by atoms with Crippen molar-refractivity contribution < 1.29 is 4.79 Å². The van der Waals surface area contributed by atoms with Crippen molar-refractivity contribution in [2.75, 3.05) is 5.32 Å². The smallest absolute Gasteiger partial charge is 0.260 e. The molecule has 0 aliphatic rings. The Hall–Kier alpha value is -2.54. The minimum Gasteiger partial charge on any atom is -0.296 e. The molecule has 7 heteroatoms. The molecule has 0 radical (unpaired) electrons. The standard InChI is InChI=1S/C18H21N5OS/c1-2-3-5-10-16-21-22-18(25-16)20-17(24)15-11-19-23(13-15)12-14-8-6-4-7-9-14/h4,6-9,11,13H,2-3,5,10,12H2,1H3,(H,20,22,24). The lowest BCUT2D eigenvalue weighted by Crippen LogP contribution is -2.11. The molecule has 2 aromatic heterocycles. The molecule has 1 N–H and O–H groups in total. The van der Waals surface area contributed by atoms with E-state index in [9.17, 15) is 4.79 Å². The number of carbonyl (C=O) groups excluding carboxylic acids is 1. The number of carbonyl (C=O) groups is 1. The van der Waals surface area contributed by atoms with Gasteiger partial charge in [0.05, 0.1) is 18.3 Å². The van der Waals surface area contributed by atoms with Gasteiger partial charge in [-0.15, -0.1) is 10.2 Å². The van der Waals surface area contributed by atoms with E-state index in [1.807, 2.05) is 30.3 Å². The average Bonchev–Trinajstić information content (AvgIpc) is 3.26. The molecule has 1 aromatic carbocycles. The number of benzene rings is 1. The first-order valence-electron chi connectivity index (χ1n) is 8.44. The predicted octanol–water partition coefficient (Wildman–Crippen LogP) is 3.77. The van der Waals surface area contributed by atoms with Crippen molar-refractivity contribution >= 4 is 22.4 Å². The van der Waals surface area contributed by atoms with Gasteiger partial charge in [-0.3, -0.25) is 14.8 Å². The lowest BCUT2D eigenvalue weighted by atomic mass is 10.2. The van der Waals surface area contributed by atoms with E-state index in [-0.39, 0.29) is 5.91 Å². The summed E-state index contributed by atoms with van der Waals surface area (Å²) in [5.41, 5.74) is 1.65. The topological polar surface area (TPSA) is 72.7 Å². The largest absolute Gasteiger partial charge is 0.296 e. The SMILES string of the molecule is CCCCCc1nnc(NC(=O)c2cnn(Cc3ccccc3)c2)s1. The van der Waals surface area contributed by atoms with Crippen molar-refractivity contribution in [3.05, 3.63) is 58.9 Å². The predicted molar refractivity (Wildman–Crippen MR) is 98.9 cm³/mol. The second-order valence-corrected chi connectivity index (χ2v) is 6.89. The van der Waals surface area contributed by atoms with Gasteiger partial charge >= 0.3 is 0 Å². The van der Waals surface area contributed by atoms with E-state index in [0.29, 0.717) is 17.2 Å². The first-order valence-corrected chi connectivity index (χ1v) is 9.26. The second kappa shape index (κ2) is 8.53. The molecular weight excluding hydrogens is 334 g/mol. The minimum atomic E-state index is -0.212. The van der Waals surface area contributed by atoms with Crippen molar-refractivity contribution in [1.82, 2.24) is 20.0 Å². The maximum atomic E-state index is 12.3. The molecule has 6 nitrogen and oxygen atoms in total. The van der Waals surface area contributed by atoms with Gasteiger partial charge in [0.2, 0.25) is 5.13 Å². The molecule has 0 aliphatic heterocycles. The molecule has 0 atom stereocenters.